The van der Waals surface area contributed by atoms with Gasteiger partial charge in [0.15, 0.2) is 0 Å². The SMILES string of the molecule is Cl.Cl.[C-]#[N+]CCCc1nc2ccc(-c3cnc4ccc(-c5cn[nH]c5C)cn34)cc2s1. The number of H-pyrrole nitrogens is 1. The van der Waals surface area contributed by atoms with Crippen molar-refractivity contribution in [2.45, 2.75) is 19.8 Å². The summed E-state index contributed by atoms with van der Waals surface area (Å²) in [5.41, 5.74) is 7.32. The van der Waals surface area contributed by atoms with Crippen LogP contribution in [0.4, 0.5) is 0 Å². The van der Waals surface area contributed by atoms with Crippen LogP contribution in [0.5, 0.6) is 0 Å². The van der Waals surface area contributed by atoms with E-state index < -0.39 is 0 Å². The molecule has 0 radical (unpaired) electrons. The highest BCUT2D eigenvalue weighted by molar-refractivity contribution is 7.18. The van der Waals surface area contributed by atoms with Gasteiger partial charge in [-0.25, -0.2) is 16.5 Å². The molecule has 0 saturated heterocycles. The molecule has 4 aromatic heterocycles. The zero-order chi connectivity index (χ0) is 19.8. The molecule has 0 bridgehead atoms. The van der Waals surface area contributed by atoms with Crippen LogP contribution >= 0.6 is 36.2 Å². The quantitative estimate of drug-likeness (QED) is 0.252. The van der Waals surface area contributed by atoms with Gasteiger partial charge in [-0.15, -0.1) is 36.2 Å². The van der Waals surface area contributed by atoms with E-state index in [1.165, 1.54) is 0 Å². The van der Waals surface area contributed by atoms with E-state index >= 15 is 0 Å². The fourth-order valence-electron chi connectivity index (χ4n) is 3.54. The zero-order valence-electron chi connectivity index (χ0n) is 16.7. The lowest BCUT2D eigenvalue weighted by Gasteiger charge is -2.05. The summed E-state index contributed by atoms with van der Waals surface area (Å²) in [4.78, 5) is 12.7. The van der Waals surface area contributed by atoms with Crippen LogP contribution in [0.3, 0.4) is 0 Å². The average Bonchev–Trinajstić information content (AvgIpc) is 3.44. The van der Waals surface area contributed by atoms with Crippen molar-refractivity contribution in [1.82, 2.24) is 24.6 Å². The minimum Gasteiger partial charge on any atom is -0.317 e. The largest absolute Gasteiger partial charge is 0.317 e. The van der Waals surface area contributed by atoms with Crippen LogP contribution in [0.2, 0.25) is 0 Å². The molecule has 4 heterocycles. The number of rotatable bonds is 5. The Hall–Kier alpha value is -2.92. The van der Waals surface area contributed by atoms with Gasteiger partial charge in [0.25, 0.3) is 0 Å². The van der Waals surface area contributed by atoms with E-state index in [1.54, 1.807) is 11.3 Å². The highest BCUT2D eigenvalue weighted by Gasteiger charge is 2.12. The Kier molecular flexibility index (Phi) is 6.96. The molecule has 0 aliphatic carbocycles. The Morgan fingerprint density at radius 3 is 2.74 bits per heavy atom. The number of aryl methyl sites for hydroxylation is 2. The lowest BCUT2D eigenvalue weighted by Crippen LogP contribution is -1.90. The van der Waals surface area contributed by atoms with Gasteiger partial charge in [0.05, 0.1) is 33.3 Å². The molecule has 9 heteroatoms. The van der Waals surface area contributed by atoms with Crippen LogP contribution in [0, 0.1) is 13.5 Å². The molecule has 5 rings (SSSR count). The van der Waals surface area contributed by atoms with Crippen LogP contribution in [-0.4, -0.2) is 31.1 Å². The number of imidazole rings is 1. The van der Waals surface area contributed by atoms with E-state index in [0.29, 0.717) is 6.54 Å². The van der Waals surface area contributed by atoms with E-state index in [2.05, 4.69) is 54.9 Å². The number of hydrogen-bond acceptors (Lipinski definition) is 4. The summed E-state index contributed by atoms with van der Waals surface area (Å²) < 4.78 is 3.29. The molecule has 0 amide bonds. The zero-order valence-corrected chi connectivity index (χ0v) is 19.2. The summed E-state index contributed by atoms with van der Waals surface area (Å²) in [6, 6.07) is 10.5. The van der Waals surface area contributed by atoms with E-state index in [0.717, 1.165) is 61.8 Å². The fraction of sp³-hybridized carbons (Fsp3) is 0.182. The summed E-state index contributed by atoms with van der Waals surface area (Å²) in [7, 11) is 0. The van der Waals surface area contributed by atoms with Gasteiger partial charge < -0.3 is 4.85 Å². The fourth-order valence-corrected chi connectivity index (χ4v) is 4.59. The third kappa shape index (κ3) is 4.28. The van der Waals surface area contributed by atoms with Crippen LogP contribution in [0.25, 0.3) is 43.1 Å². The highest BCUT2D eigenvalue weighted by atomic mass is 35.5. The van der Waals surface area contributed by atoms with E-state index in [-0.39, 0.29) is 24.8 Å². The molecule has 0 aliphatic rings. The number of aromatic amines is 1. The third-order valence-electron chi connectivity index (χ3n) is 5.04. The standard InChI is InChI=1S/C22H18N6S.2ClH/c1-14-17(11-25-27-14)16-6-8-21-24-12-19(28(21)13-16)15-5-7-18-20(10-15)29-22(26-18)4-3-9-23-2;;/h5-8,10-13H,3-4,9H2,1H3,(H,25,27);2*1H. The molecular formula is C22H20Cl2N6S. The number of nitrogens with one attached hydrogen (secondary N) is 1. The number of nitrogens with zero attached hydrogens (tertiary/aromatic N) is 5. The molecule has 0 aliphatic heterocycles. The van der Waals surface area contributed by atoms with Crippen molar-refractivity contribution in [3.05, 3.63) is 71.0 Å². The molecule has 0 unspecified atom stereocenters. The number of aromatic nitrogens is 5. The first-order valence-electron chi connectivity index (χ1n) is 9.43. The maximum atomic E-state index is 6.92. The van der Waals surface area contributed by atoms with Crippen molar-refractivity contribution in [1.29, 1.82) is 0 Å². The molecule has 1 N–H and O–H groups in total. The van der Waals surface area contributed by atoms with Gasteiger partial charge in [0.2, 0.25) is 6.54 Å². The number of hydrogen-bond donors (Lipinski definition) is 1. The van der Waals surface area contributed by atoms with Gasteiger partial charge in [0.1, 0.15) is 5.65 Å². The summed E-state index contributed by atoms with van der Waals surface area (Å²) in [5, 5.41) is 8.23. The third-order valence-corrected chi connectivity index (χ3v) is 6.11. The molecule has 6 nitrogen and oxygen atoms in total. The Labute approximate surface area is 196 Å². The number of thiazole rings is 1. The number of benzene rings is 1. The van der Waals surface area contributed by atoms with Crippen LogP contribution in [-0.2, 0) is 6.42 Å². The van der Waals surface area contributed by atoms with Crippen molar-refractivity contribution < 1.29 is 0 Å². The molecular weight excluding hydrogens is 451 g/mol. The molecule has 31 heavy (non-hydrogen) atoms. The molecule has 0 saturated carbocycles. The first kappa shape index (κ1) is 22.8. The summed E-state index contributed by atoms with van der Waals surface area (Å²) in [6.45, 7) is 9.50. The number of fused-ring (bicyclic) bond motifs is 2. The molecule has 0 fully saturated rings. The Morgan fingerprint density at radius 1 is 1.13 bits per heavy atom. The predicted molar refractivity (Wildman–Crippen MR) is 130 cm³/mol. The van der Waals surface area contributed by atoms with Gasteiger partial charge in [-0.05, 0) is 31.2 Å². The van der Waals surface area contributed by atoms with Crippen molar-refractivity contribution in [3.8, 4) is 22.4 Å². The minimum atomic E-state index is 0. The first-order valence-corrected chi connectivity index (χ1v) is 10.2. The molecule has 158 valence electrons. The Bertz CT molecular complexity index is 1380. The monoisotopic (exact) mass is 470 g/mol. The lowest BCUT2D eigenvalue weighted by molar-refractivity contribution is 0.884. The van der Waals surface area contributed by atoms with Crippen molar-refractivity contribution in [2.24, 2.45) is 0 Å². The van der Waals surface area contributed by atoms with Crippen LogP contribution in [0.15, 0.2) is 48.9 Å². The van der Waals surface area contributed by atoms with Gasteiger partial charge in [0, 0.05) is 41.4 Å². The topological polar surface area (TPSA) is 63.2 Å². The summed E-state index contributed by atoms with van der Waals surface area (Å²) in [5.74, 6) is 0. The van der Waals surface area contributed by atoms with Gasteiger partial charge in [-0.1, -0.05) is 6.07 Å². The molecule has 5 aromatic rings. The predicted octanol–water partition coefficient (Wildman–Crippen LogP) is 6.01. The number of pyridine rings is 1. The van der Waals surface area contributed by atoms with Crippen LogP contribution in [0.1, 0.15) is 17.1 Å². The molecule has 1 aromatic carbocycles. The maximum absolute atomic E-state index is 6.92. The van der Waals surface area contributed by atoms with Gasteiger partial charge >= 0.3 is 0 Å². The second kappa shape index (κ2) is 9.48. The normalized spacial score (nSPS) is 10.6. The van der Waals surface area contributed by atoms with E-state index in [4.69, 9.17) is 11.6 Å². The highest BCUT2D eigenvalue weighted by Crippen LogP contribution is 2.30. The summed E-state index contributed by atoms with van der Waals surface area (Å²) in [6.07, 6.45) is 7.61. The Balaban J connectivity index is 0.00000136. The number of halogens is 2. The Morgan fingerprint density at radius 2 is 1.97 bits per heavy atom. The van der Waals surface area contributed by atoms with E-state index in [1.807, 2.05) is 25.4 Å². The second-order valence-electron chi connectivity index (χ2n) is 6.97. The van der Waals surface area contributed by atoms with E-state index in [9.17, 15) is 0 Å². The van der Waals surface area contributed by atoms with Crippen molar-refractivity contribution in [2.75, 3.05) is 6.54 Å². The van der Waals surface area contributed by atoms with Crippen molar-refractivity contribution >= 4 is 52.0 Å². The lowest BCUT2D eigenvalue weighted by atomic mass is 10.1. The average molecular weight is 471 g/mol. The van der Waals surface area contributed by atoms with Gasteiger partial charge in [-0.2, -0.15) is 5.10 Å². The summed E-state index contributed by atoms with van der Waals surface area (Å²) >= 11 is 1.71. The minimum absolute atomic E-state index is 0. The molecule has 0 spiro atoms. The first-order chi connectivity index (χ1) is 14.2. The maximum Gasteiger partial charge on any atom is 0.215 e. The smallest absolute Gasteiger partial charge is 0.215 e. The van der Waals surface area contributed by atoms with Crippen molar-refractivity contribution in [3.63, 3.8) is 0 Å². The second-order valence-corrected chi connectivity index (χ2v) is 8.09. The van der Waals surface area contributed by atoms with Gasteiger partial charge in [-0.3, -0.25) is 9.50 Å². The van der Waals surface area contributed by atoms with Crippen LogP contribution < -0.4 is 0 Å². The molecule has 0 atom stereocenters.